The van der Waals surface area contributed by atoms with Crippen molar-refractivity contribution < 1.29 is 14.4 Å². The van der Waals surface area contributed by atoms with Gasteiger partial charge in [0.15, 0.2) is 0 Å². The Morgan fingerprint density at radius 1 is 1.23 bits per heavy atom. The van der Waals surface area contributed by atoms with Crippen LogP contribution >= 0.6 is 11.8 Å². The van der Waals surface area contributed by atoms with Crippen molar-refractivity contribution in [1.29, 1.82) is 5.26 Å². The van der Waals surface area contributed by atoms with Gasteiger partial charge in [-0.15, -0.1) is 0 Å². The molecule has 7 heteroatoms. The van der Waals surface area contributed by atoms with Crippen molar-refractivity contribution in [2.75, 3.05) is 11.9 Å². The molecule has 1 fully saturated rings. The average molecular weight is 317 g/mol. The summed E-state index contributed by atoms with van der Waals surface area (Å²) in [7, 11) is 0. The third-order valence-electron chi connectivity index (χ3n) is 3.24. The highest BCUT2D eigenvalue weighted by atomic mass is 32.2. The lowest BCUT2D eigenvalue weighted by Gasteiger charge is -2.13. The van der Waals surface area contributed by atoms with Crippen molar-refractivity contribution in [2.45, 2.75) is 30.6 Å². The number of nitrogens with one attached hydrogen (secondary N) is 1. The van der Waals surface area contributed by atoms with Gasteiger partial charge < -0.3 is 5.32 Å². The first-order valence-electron chi connectivity index (χ1n) is 6.89. The van der Waals surface area contributed by atoms with E-state index in [1.54, 1.807) is 24.3 Å². The van der Waals surface area contributed by atoms with Crippen LogP contribution in [0.15, 0.2) is 29.2 Å². The van der Waals surface area contributed by atoms with E-state index < -0.39 is 0 Å². The van der Waals surface area contributed by atoms with Crippen LogP contribution < -0.4 is 5.32 Å². The number of carbonyl (C=O) groups excluding carboxylic acids is 3. The molecule has 1 N–H and O–H groups in total. The fraction of sp³-hybridized carbons (Fsp3) is 0.333. The Morgan fingerprint density at radius 2 is 1.86 bits per heavy atom. The Kier molecular flexibility index (Phi) is 5.55. The highest BCUT2D eigenvalue weighted by molar-refractivity contribution is 8.03. The Morgan fingerprint density at radius 3 is 2.45 bits per heavy atom. The van der Waals surface area contributed by atoms with Crippen LogP contribution in [0.3, 0.4) is 0 Å². The van der Waals surface area contributed by atoms with Gasteiger partial charge >= 0.3 is 0 Å². The van der Waals surface area contributed by atoms with E-state index in [2.05, 4.69) is 5.32 Å². The van der Waals surface area contributed by atoms with E-state index in [0.29, 0.717) is 18.7 Å². The second-order valence-corrected chi connectivity index (χ2v) is 5.67. The van der Waals surface area contributed by atoms with Gasteiger partial charge in [-0.1, -0.05) is 0 Å². The van der Waals surface area contributed by atoms with E-state index in [1.807, 2.05) is 5.40 Å². The number of rotatable bonds is 6. The molecule has 0 spiro atoms. The van der Waals surface area contributed by atoms with Gasteiger partial charge in [0.05, 0.1) is 0 Å². The Bertz CT molecular complexity index is 606. The molecular weight excluding hydrogens is 302 g/mol. The number of hydrogen-bond donors (Lipinski definition) is 1. The normalized spacial score (nSPS) is 14.0. The molecule has 0 aliphatic carbocycles. The number of benzene rings is 1. The highest BCUT2D eigenvalue weighted by Gasteiger charge is 2.28. The molecule has 0 bridgehead atoms. The number of nitrogens with zero attached hydrogens (tertiary/aromatic N) is 2. The standard InChI is InChI=1S/C15H15N3O3S/c16-10-22-12-5-3-11(4-6-12)17-13(19)2-1-9-18-14(20)7-8-15(18)21/h3-6H,1-2,7-9H2,(H,17,19). The number of thioether (sulfide) groups is 1. The summed E-state index contributed by atoms with van der Waals surface area (Å²) in [5.74, 6) is -0.480. The first kappa shape index (κ1) is 16.0. The molecule has 1 aromatic carbocycles. The zero-order chi connectivity index (χ0) is 15.9. The lowest BCUT2D eigenvalue weighted by atomic mass is 10.2. The molecule has 22 heavy (non-hydrogen) atoms. The molecule has 0 atom stereocenters. The van der Waals surface area contributed by atoms with Crippen molar-refractivity contribution >= 4 is 35.2 Å². The number of thiocyanates is 1. The summed E-state index contributed by atoms with van der Waals surface area (Å²) >= 11 is 1.05. The van der Waals surface area contributed by atoms with Crippen LogP contribution in [0.1, 0.15) is 25.7 Å². The number of likely N-dealkylation sites (tertiary alicyclic amines) is 1. The van der Waals surface area contributed by atoms with Crippen LogP contribution in [-0.2, 0) is 14.4 Å². The van der Waals surface area contributed by atoms with Gasteiger partial charge in [-0.25, -0.2) is 0 Å². The molecule has 1 aromatic rings. The van der Waals surface area contributed by atoms with Crippen molar-refractivity contribution in [3.8, 4) is 5.40 Å². The predicted molar refractivity (Wildman–Crippen MR) is 81.7 cm³/mol. The molecule has 1 aliphatic heterocycles. The van der Waals surface area contributed by atoms with Gasteiger partial charge in [0.25, 0.3) is 0 Å². The van der Waals surface area contributed by atoms with Gasteiger partial charge in [0, 0.05) is 36.4 Å². The molecule has 6 nitrogen and oxygen atoms in total. The minimum atomic E-state index is -0.167. The maximum Gasteiger partial charge on any atom is 0.229 e. The number of carbonyl (C=O) groups is 3. The summed E-state index contributed by atoms with van der Waals surface area (Å²) in [5.41, 5.74) is 0.653. The van der Waals surface area contributed by atoms with Crippen LogP contribution in [0.2, 0.25) is 0 Å². The maximum absolute atomic E-state index is 11.8. The van der Waals surface area contributed by atoms with Gasteiger partial charge in [-0.3, -0.25) is 19.3 Å². The van der Waals surface area contributed by atoms with Crippen molar-refractivity contribution in [2.24, 2.45) is 0 Å². The molecule has 0 aromatic heterocycles. The largest absolute Gasteiger partial charge is 0.326 e. The molecule has 0 saturated carbocycles. The first-order valence-corrected chi connectivity index (χ1v) is 7.71. The van der Waals surface area contributed by atoms with Crippen molar-refractivity contribution in [1.82, 2.24) is 4.90 Å². The Balaban J connectivity index is 1.75. The minimum Gasteiger partial charge on any atom is -0.326 e. The highest BCUT2D eigenvalue weighted by Crippen LogP contribution is 2.19. The van der Waals surface area contributed by atoms with E-state index in [-0.39, 0.29) is 37.0 Å². The monoisotopic (exact) mass is 317 g/mol. The second kappa shape index (κ2) is 7.61. The molecule has 1 saturated heterocycles. The van der Waals surface area contributed by atoms with Gasteiger partial charge in [0.2, 0.25) is 17.7 Å². The van der Waals surface area contributed by atoms with E-state index in [0.717, 1.165) is 16.7 Å². The summed E-state index contributed by atoms with van der Waals surface area (Å²) in [4.78, 5) is 36.7. The summed E-state index contributed by atoms with van der Waals surface area (Å²) in [6.07, 6.45) is 1.24. The third kappa shape index (κ3) is 4.33. The summed E-state index contributed by atoms with van der Waals surface area (Å²) < 4.78 is 0. The minimum absolute atomic E-state index is 0.156. The third-order valence-corrected chi connectivity index (χ3v) is 3.84. The molecule has 114 valence electrons. The van der Waals surface area contributed by atoms with Crippen molar-refractivity contribution in [3.05, 3.63) is 24.3 Å². The summed E-state index contributed by atoms with van der Waals surface area (Å²) in [5, 5.41) is 13.3. The van der Waals surface area contributed by atoms with E-state index in [4.69, 9.17) is 5.26 Å². The van der Waals surface area contributed by atoms with Crippen molar-refractivity contribution in [3.63, 3.8) is 0 Å². The molecule has 0 radical (unpaired) electrons. The van der Waals surface area contributed by atoms with Crippen LogP contribution in [0.4, 0.5) is 5.69 Å². The number of anilines is 1. The lowest BCUT2D eigenvalue weighted by molar-refractivity contribution is -0.138. The molecule has 2 rings (SSSR count). The molecular formula is C15H15N3O3S. The van der Waals surface area contributed by atoms with Gasteiger partial charge in [-0.2, -0.15) is 5.26 Å². The van der Waals surface area contributed by atoms with Gasteiger partial charge in [0.1, 0.15) is 5.40 Å². The lowest BCUT2D eigenvalue weighted by Crippen LogP contribution is -2.30. The van der Waals surface area contributed by atoms with Crippen LogP contribution in [0.5, 0.6) is 0 Å². The van der Waals surface area contributed by atoms with Gasteiger partial charge in [-0.05, 0) is 42.4 Å². The second-order valence-electron chi connectivity index (χ2n) is 4.81. The maximum atomic E-state index is 11.8. The number of imide groups is 1. The molecule has 1 aliphatic rings. The van der Waals surface area contributed by atoms with Crippen LogP contribution in [0, 0.1) is 10.7 Å². The smallest absolute Gasteiger partial charge is 0.229 e. The first-order chi connectivity index (χ1) is 10.6. The summed E-state index contributed by atoms with van der Waals surface area (Å²) in [6, 6.07) is 6.96. The predicted octanol–water partition coefficient (Wildman–Crippen LogP) is 2.13. The molecule has 1 heterocycles. The fourth-order valence-corrected chi connectivity index (χ4v) is 2.53. The van der Waals surface area contributed by atoms with Crippen LogP contribution in [-0.4, -0.2) is 29.2 Å². The number of amides is 3. The SMILES string of the molecule is N#CSc1ccc(NC(=O)CCCN2C(=O)CCC2=O)cc1. The zero-order valence-electron chi connectivity index (χ0n) is 11.9. The topological polar surface area (TPSA) is 90.3 Å². The van der Waals surface area contributed by atoms with E-state index in [1.165, 1.54) is 4.90 Å². The zero-order valence-corrected chi connectivity index (χ0v) is 12.7. The van der Waals surface area contributed by atoms with Crippen LogP contribution in [0.25, 0.3) is 0 Å². The fourth-order valence-electron chi connectivity index (χ4n) is 2.15. The average Bonchev–Trinajstić information content (AvgIpc) is 2.81. The summed E-state index contributed by atoms with van der Waals surface area (Å²) in [6.45, 7) is 0.294. The van der Waals surface area contributed by atoms with E-state index >= 15 is 0 Å². The van der Waals surface area contributed by atoms with E-state index in [9.17, 15) is 14.4 Å². The quantitative estimate of drug-likeness (QED) is 0.493. The molecule has 3 amide bonds. The number of nitriles is 1. The molecule has 0 unspecified atom stereocenters. The Hall–Kier alpha value is -2.33. The Labute approximate surface area is 132 Å². The number of hydrogen-bond acceptors (Lipinski definition) is 5.